The smallest absolute Gasteiger partial charge is 0.316 e. The van der Waals surface area contributed by atoms with Crippen LogP contribution in [-0.2, 0) is 4.79 Å². The van der Waals surface area contributed by atoms with Gasteiger partial charge in [0.1, 0.15) is 11.9 Å². The number of carbonyl (C=O) groups is 2. The van der Waals surface area contributed by atoms with Crippen LogP contribution in [0, 0.1) is 11.7 Å². The van der Waals surface area contributed by atoms with E-state index in [0.29, 0.717) is 24.3 Å². The number of nitrogens with zero attached hydrogens (tertiary/aromatic N) is 3. The molecule has 1 fully saturated rings. The van der Waals surface area contributed by atoms with E-state index in [2.05, 4.69) is 15.5 Å². The Morgan fingerprint density at radius 3 is 2.75 bits per heavy atom. The Bertz CT molecular complexity index is 840. The molecule has 0 spiro atoms. The van der Waals surface area contributed by atoms with Crippen molar-refractivity contribution in [2.24, 2.45) is 5.92 Å². The number of amides is 2. The standard InChI is InChI=1S/C19H23FN4O3S/c1-11(2)8-15-17(25)21-14(10-28-3)9-24(15)19(26)18-22-16(23-27-18)12-4-6-13(20)7-5-12/h4-7,11,14-15H,8-10H2,1-3H3,(H,21,25)/t14-,15+/m1/s1. The second-order valence-electron chi connectivity index (χ2n) is 7.19. The van der Waals surface area contributed by atoms with Gasteiger partial charge >= 0.3 is 11.8 Å². The SMILES string of the molecule is CSC[C@H]1CN(C(=O)c2nc(-c3ccc(F)cc3)no2)[C@@H](CC(C)C)C(=O)N1. The quantitative estimate of drug-likeness (QED) is 0.793. The summed E-state index contributed by atoms with van der Waals surface area (Å²) in [6.45, 7) is 4.39. The molecule has 1 saturated heterocycles. The van der Waals surface area contributed by atoms with Crippen molar-refractivity contribution in [1.82, 2.24) is 20.4 Å². The van der Waals surface area contributed by atoms with Crippen molar-refractivity contribution in [2.75, 3.05) is 18.6 Å². The molecule has 2 amide bonds. The third-order valence-electron chi connectivity index (χ3n) is 4.48. The van der Waals surface area contributed by atoms with Gasteiger partial charge in [-0.3, -0.25) is 9.59 Å². The van der Waals surface area contributed by atoms with Gasteiger partial charge in [0, 0.05) is 17.9 Å². The summed E-state index contributed by atoms with van der Waals surface area (Å²) in [5.41, 5.74) is 0.541. The van der Waals surface area contributed by atoms with Gasteiger partial charge in [0.25, 0.3) is 0 Å². The van der Waals surface area contributed by atoms with Crippen LogP contribution in [0.3, 0.4) is 0 Å². The lowest BCUT2D eigenvalue weighted by atomic mass is 9.98. The lowest BCUT2D eigenvalue weighted by Gasteiger charge is -2.39. The summed E-state index contributed by atoms with van der Waals surface area (Å²) in [6.07, 6.45) is 2.49. The zero-order chi connectivity index (χ0) is 20.3. The fourth-order valence-electron chi connectivity index (χ4n) is 3.20. The van der Waals surface area contributed by atoms with Gasteiger partial charge in [0.2, 0.25) is 11.7 Å². The zero-order valence-corrected chi connectivity index (χ0v) is 16.8. The number of nitrogens with one attached hydrogen (secondary N) is 1. The molecule has 0 radical (unpaired) electrons. The van der Waals surface area contributed by atoms with Crippen LogP contribution in [0.5, 0.6) is 0 Å². The lowest BCUT2D eigenvalue weighted by molar-refractivity contribution is -0.129. The summed E-state index contributed by atoms with van der Waals surface area (Å²) >= 11 is 1.60. The molecule has 2 atom stereocenters. The predicted molar refractivity (Wildman–Crippen MR) is 104 cm³/mol. The molecule has 0 bridgehead atoms. The average molecular weight is 406 g/mol. The summed E-state index contributed by atoms with van der Waals surface area (Å²) < 4.78 is 18.3. The second-order valence-corrected chi connectivity index (χ2v) is 8.10. The van der Waals surface area contributed by atoms with Crippen molar-refractivity contribution in [3.8, 4) is 11.4 Å². The van der Waals surface area contributed by atoms with Gasteiger partial charge in [0.15, 0.2) is 0 Å². The molecule has 1 aromatic carbocycles. The molecule has 1 aliphatic rings. The number of benzene rings is 1. The maximum absolute atomic E-state index is 13.1. The third-order valence-corrected chi connectivity index (χ3v) is 5.21. The molecule has 1 aliphatic heterocycles. The van der Waals surface area contributed by atoms with Crippen LogP contribution in [0.1, 0.15) is 31.0 Å². The Hall–Kier alpha value is -2.42. The highest BCUT2D eigenvalue weighted by Crippen LogP contribution is 2.22. The van der Waals surface area contributed by atoms with Crippen LogP contribution in [0.15, 0.2) is 28.8 Å². The van der Waals surface area contributed by atoms with E-state index in [0.717, 1.165) is 0 Å². The first-order chi connectivity index (χ1) is 13.4. The second kappa shape index (κ2) is 8.72. The lowest BCUT2D eigenvalue weighted by Crippen LogP contribution is -2.62. The maximum atomic E-state index is 13.1. The minimum Gasteiger partial charge on any atom is -0.349 e. The molecule has 0 saturated carbocycles. The van der Waals surface area contributed by atoms with Crippen LogP contribution in [0.2, 0.25) is 0 Å². The highest BCUT2D eigenvalue weighted by atomic mass is 32.2. The first-order valence-corrected chi connectivity index (χ1v) is 10.5. The van der Waals surface area contributed by atoms with E-state index in [1.165, 1.54) is 29.2 Å². The van der Waals surface area contributed by atoms with Gasteiger partial charge in [-0.15, -0.1) is 0 Å². The molecule has 150 valence electrons. The zero-order valence-electron chi connectivity index (χ0n) is 16.0. The topological polar surface area (TPSA) is 88.3 Å². The van der Waals surface area contributed by atoms with E-state index in [-0.39, 0.29) is 35.4 Å². The molecule has 2 heterocycles. The van der Waals surface area contributed by atoms with Crippen molar-refractivity contribution >= 4 is 23.6 Å². The highest BCUT2D eigenvalue weighted by Gasteiger charge is 2.39. The van der Waals surface area contributed by atoms with Crippen molar-refractivity contribution in [1.29, 1.82) is 0 Å². The summed E-state index contributed by atoms with van der Waals surface area (Å²) in [5.74, 6) is -0.0382. The number of rotatable bonds is 6. The Kier molecular flexibility index (Phi) is 6.33. The van der Waals surface area contributed by atoms with Crippen LogP contribution in [0.25, 0.3) is 11.4 Å². The molecule has 2 aromatic rings. The first kappa shape index (κ1) is 20.3. The van der Waals surface area contributed by atoms with E-state index in [1.54, 1.807) is 11.8 Å². The number of carbonyl (C=O) groups excluding carboxylic acids is 2. The van der Waals surface area contributed by atoms with E-state index in [9.17, 15) is 14.0 Å². The number of aromatic nitrogens is 2. The normalized spacial score (nSPS) is 19.8. The van der Waals surface area contributed by atoms with Gasteiger partial charge in [0.05, 0.1) is 6.04 Å². The summed E-state index contributed by atoms with van der Waals surface area (Å²) in [5, 5.41) is 6.82. The van der Waals surface area contributed by atoms with Gasteiger partial charge in [-0.1, -0.05) is 19.0 Å². The Labute approximate surface area is 167 Å². The molecule has 1 aromatic heterocycles. The number of piperazine rings is 1. The minimum atomic E-state index is -0.577. The monoisotopic (exact) mass is 406 g/mol. The molecule has 0 unspecified atom stereocenters. The number of halogens is 1. The molecular weight excluding hydrogens is 383 g/mol. The fourth-order valence-corrected chi connectivity index (χ4v) is 3.79. The Balaban J connectivity index is 1.84. The Morgan fingerprint density at radius 2 is 2.11 bits per heavy atom. The number of hydrogen-bond donors (Lipinski definition) is 1. The van der Waals surface area contributed by atoms with E-state index in [1.807, 2.05) is 20.1 Å². The molecule has 28 heavy (non-hydrogen) atoms. The van der Waals surface area contributed by atoms with E-state index < -0.39 is 11.9 Å². The van der Waals surface area contributed by atoms with Gasteiger partial charge < -0.3 is 14.7 Å². The van der Waals surface area contributed by atoms with Crippen molar-refractivity contribution < 1.29 is 18.5 Å². The third kappa shape index (κ3) is 4.52. The molecule has 0 aliphatic carbocycles. The van der Waals surface area contributed by atoms with Crippen molar-refractivity contribution in [3.05, 3.63) is 36.0 Å². The van der Waals surface area contributed by atoms with E-state index in [4.69, 9.17) is 4.52 Å². The first-order valence-electron chi connectivity index (χ1n) is 9.09. The molecule has 3 rings (SSSR count). The van der Waals surface area contributed by atoms with Crippen LogP contribution in [0.4, 0.5) is 4.39 Å². The molecular formula is C19H23FN4O3S. The van der Waals surface area contributed by atoms with Crippen LogP contribution < -0.4 is 5.32 Å². The van der Waals surface area contributed by atoms with Gasteiger partial charge in [-0.2, -0.15) is 16.7 Å². The highest BCUT2D eigenvalue weighted by molar-refractivity contribution is 7.98. The van der Waals surface area contributed by atoms with E-state index >= 15 is 0 Å². The Morgan fingerprint density at radius 1 is 1.39 bits per heavy atom. The molecule has 1 N–H and O–H groups in total. The van der Waals surface area contributed by atoms with Crippen LogP contribution in [-0.4, -0.2) is 57.5 Å². The maximum Gasteiger partial charge on any atom is 0.316 e. The van der Waals surface area contributed by atoms with Gasteiger partial charge in [-0.25, -0.2) is 4.39 Å². The summed E-state index contributed by atoms with van der Waals surface area (Å²) in [6, 6.07) is 4.89. The van der Waals surface area contributed by atoms with Crippen LogP contribution >= 0.6 is 11.8 Å². The molecule has 7 nitrogen and oxygen atoms in total. The number of thioether (sulfide) groups is 1. The summed E-state index contributed by atoms with van der Waals surface area (Å²) in [7, 11) is 0. The largest absolute Gasteiger partial charge is 0.349 e. The van der Waals surface area contributed by atoms with Gasteiger partial charge in [-0.05, 0) is 42.9 Å². The molecule has 9 heteroatoms. The minimum absolute atomic E-state index is 0.130. The fraction of sp³-hybridized carbons (Fsp3) is 0.474. The average Bonchev–Trinajstić information content (AvgIpc) is 3.14. The van der Waals surface area contributed by atoms with Crippen molar-refractivity contribution in [3.63, 3.8) is 0 Å². The summed E-state index contributed by atoms with van der Waals surface area (Å²) in [4.78, 5) is 31.4. The predicted octanol–water partition coefficient (Wildman–Crippen LogP) is 2.59. The number of hydrogen-bond acceptors (Lipinski definition) is 6. The van der Waals surface area contributed by atoms with Crippen molar-refractivity contribution in [2.45, 2.75) is 32.4 Å².